The van der Waals surface area contributed by atoms with Crippen LogP contribution in [-0.4, -0.2) is 24.3 Å². The molecule has 0 aromatic heterocycles. The van der Waals surface area contributed by atoms with Crippen LogP contribution >= 0.6 is 23.2 Å². The van der Waals surface area contributed by atoms with E-state index in [2.05, 4.69) is 5.10 Å². The molecule has 0 spiro atoms. The minimum absolute atomic E-state index is 0.147. The molecule has 0 saturated carbocycles. The molecule has 2 aliphatic rings. The minimum atomic E-state index is 0.147. The van der Waals surface area contributed by atoms with Crippen molar-refractivity contribution in [3.63, 3.8) is 0 Å². The molecule has 64 valence electrons. The van der Waals surface area contributed by atoms with Gasteiger partial charge in [0, 0.05) is 18.3 Å². The first-order valence-electron chi connectivity index (χ1n) is 3.70. The van der Waals surface area contributed by atoms with E-state index in [-0.39, 0.29) is 12.0 Å². The highest BCUT2D eigenvalue weighted by molar-refractivity contribution is 6.41. The first-order valence-corrected chi connectivity index (χ1v) is 4.46. The van der Waals surface area contributed by atoms with Crippen molar-refractivity contribution in [2.45, 2.75) is 6.04 Å². The molecular weight excluding hydrogens is 195 g/mol. The maximum atomic E-state index is 6.01. The maximum Gasteiger partial charge on any atom is 0.0779 e. The normalized spacial score (nSPS) is 33.1. The van der Waals surface area contributed by atoms with Crippen molar-refractivity contribution in [1.29, 1.82) is 0 Å². The highest BCUT2D eigenvalue weighted by Crippen LogP contribution is 2.34. The molecule has 0 radical (unpaired) electrons. The van der Waals surface area contributed by atoms with Gasteiger partial charge in [-0.1, -0.05) is 29.3 Å². The molecule has 0 bridgehead atoms. The molecule has 1 heterocycles. The molecule has 1 aliphatic heterocycles. The highest BCUT2D eigenvalue weighted by atomic mass is 35.5. The topological polar surface area (TPSA) is 15.6 Å². The largest absolute Gasteiger partial charge is 0.292 e. The first-order chi connectivity index (χ1) is 5.70. The second-order valence-corrected chi connectivity index (χ2v) is 3.72. The molecule has 0 saturated heterocycles. The average Bonchev–Trinajstić information content (AvgIpc) is 2.41. The lowest BCUT2D eigenvalue weighted by molar-refractivity contribution is 0.305. The van der Waals surface area contributed by atoms with Crippen molar-refractivity contribution < 1.29 is 0 Å². The van der Waals surface area contributed by atoms with Crippen LogP contribution in [0, 0.1) is 5.92 Å². The van der Waals surface area contributed by atoms with Crippen molar-refractivity contribution >= 4 is 29.4 Å². The molecule has 2 rings (SSSR count). The third kappa shape index (κ3) is 1.06. The highest BCUT2D eigenvalue weighted by Gasteiger charge is 2.32. The lowest BCUT2D eigenvalue weighted by Crippen LogP contribution is -2.29. The lowest BCUT2D eigenvalue weighted by Gasteiger charge is -2.23. The van der Waals surface area contributed by atoms with Crippen LogP contribution < -0.4 is 0 Å². The molecule has 1 aliphatic carbocycles. The van der Waals surface area contributed by atoms with Crippen molar-refractivity contribution in [2.75, 3.05) is 7.05 Å². The van der Waals surface area contributed by atoms with E-state index >= 15 is 0 Å². The Kier molecular flexibility index (Phi) is 1.89. The van der Waals surface area contributed by atoms with Crippen LogP contribution in [0.5, 0.6) is 0 Å². The van der Waals surface area contributed by atoms with Crippen molar-refractivity contribution in [2.24, 2.45) is 11.0 Å². The van der Waals surface area contributed by atoms with Crippen LogP contribution in [0.1, 0.15) is 0 Å². The van der Waals surface area contributed by atoms with Gasteiger partial charge in [-0.05, 0) is 6.08 Å². The number of halogens is 2. The van der Waals surface area contributed by atoms with Gasteiger partial charge in [0.25, 0.3) is 0 Å². The zero-order chi connectivity index (χ0) is 8.72. The number of rotatable bonds is 0. The molecule has 12 heavy (non-hydrogen) atoms. The van der Waals surface area contributed by atoms with Crippen molar-refractivity contribution in [3.05, 3.63) is 22.2 Å². The predicted molar refractivity (Wildman–Crippen MR) is 51.4 cm³/mol. The van der Waals surface area contributed by atoms with E-state index in [4.69, 9.17) is 23.2 Å². The predicted octanol–water partition coefficient (Wildman–Crippen LogP) is 2.16. The first kappa shape index (κ1) is 8.14. The number of hydrogen-bond donors (Lipinski definition) is 0. The lowest BCUT2D eigenvalue weighted by atomic mass is 9.97. The SMILES string of the molecule is CN1N=CC2C(Cl)=C(Cl)C=CC21. The molecule has 0 N–H and O–H groups in total. The van der Waals surface area contributed by atoms with E-state index in [0.29, 0.717) is 10.1 Å². The number of hydrazone groups is 1. The average molecular weight is 203 g/mol. The van der Waals surface area contributed by atoms with E-state index in [1.165, 1.54) is 0 Å². The molecule has 0 aromatic rings. The number of likely N-dealkylation sites (N-methyl/N-ethyl adjacent to an activating group) is 1. The smallest absolute Gasteiger partial charge is 0.0779 e. The van der Waals surface area contributed by atoms with E-state index in [1.807, 2.05) is 30.4 Å². The third-order valence-corrected chi connectivity index (χ3v) is 3.05. The van der Waals surface area contributed by atoms with E-state index < -0.39 is 0 Å². The summed E-state index contributed by atoms with van der Waals surface area (Å²) in [5.74, 6) is 0.147. The number of allylic oxidation sites excluding steroid dienone is 2. The Morgan fingerprint density at radius 3 is 3.00 bits per heavy atom. The third-order valence-electron chi connectivity index (χ3n) is 2.17. The van der Waals surface area contributed by atoms with Gasteiger partial charge in [-0.2, -0.15) is 5.10 Å². The fraction of sp³-hybridized carbons (Fsp3) is 0.375. The summed E-state index contributed by atoms with van der Waals surface area (Å²) < 4.78 is 0. The van der Waals surface area contributed by atoms with Crippen LogP contribution in [0.25, 0.3) is 0 Å². The fourth-order valence-corrected chi connectivity index (χ4v) is 1.90. The summed E-state index contributed by atoms with van der Waals surface area (Å²) in [5, 5.41) is 7.34. The van der Waals surface area contributed by atoms with Crippen LogP contribution in [-0.2, 0) is 0 Å². The Labute approximate surface area is 81.1 Å². The van der Waals surface area contributed by atoms with Crippen LogP contribution in [0.2, 0.25) is 0 Å². The molecular formula is C8H8Cl2N2. The monoisotopic (exact) mass is 202 g/mol. The Balaban J connectivity index is 2.35. The van der Waals surface area contributed by atoms with Gasteiger partial charge in [-0.25, -0.2) is 0 Å². The molecule has 0 fully saturated rings. The molecule has 0 amide bonds. The van der Waals surface area contributed by atoms with E-state index in [1.54, 1.807) is 0 Å². The Morgan fingerprint density at radius 1 is 1.50 bits per heavy atom. The molecule has 0 aromatic carbocycles. The second kappa shape index (κ2) is 2.79. The zero-order valence-corrected chi connectivity index (χ0v) is 8.05. The standard InChI is InChI=1S/C8H8Cl2N2/c1-12-7-3-2-6(9)8(10)5(7)4-11-12/h2-5,7H,1H3. The van der Waals surface area contributed by atoms with Gasteiger partial charge in [0.1, 0.15) is 0 Å². The summed E-state index contributed by atoms with van der Waals surface area (Å²) in [6.45, 7) is 0. The van der Waals surface area contributed by atoms with Gasteiger partial charge < -0.3 is 0 Å². The minimum Gasteiger partial charge on any atom is -0.292 e. The Morgan fingerprint density at radius 2 is 2.25 bits per heavy atom. The summed E-state index contributed by atoms with van der Waals surface area (Å²) in [7, 11) is 1.93. The van der Waals surface area contributed by atoms with Crippen LogP contribution in [0.3, 0.4) is 0 Å². The van der Waals surface area contributed by atoms with Gasteiger partial charge >= 0.3 is 0 Å². The van der Waals surface area contributed by atoms with E-state index in [0.717, 1.165) is 0 Å². The van der Waals surface area contributed by atoms with Gasteiger partial charge in [-0.3, -0.25) is 5.01 Å². The van der Waals surface area contributed by atoms with Crippen molar-refractivity contribution in [3.8, 4) is 0 Å². The molecule has 2 atom stereocenters. The van der Waals surface area contributed by atoms with Crippen molar-refractivity contribution in [1.82, 2.24) is 5.01 Å². The van der Waals surface area contributed by atoms with Gasteiger partial charge in [0.05, 0.1) is 17.0 Å². The molecule has 2 unspecified atom stereocenters. The van der Waals surface area contributed by atoms with Crippen LogP contribution in [0.15, 0.2) is 27.3 Å². The van der Waals surface area contributed by atoms with Crippen LogP contribution in [0.4, 0.5) is 0 Å². The molecule has 2 nitrogen and oxygen atoms in total. The van der Waals surface area contributed by atoms with Gasteiger partial charge in [0.15, 0.2) is 0 Å². The summed E-state index contributed by atoms with van der Waals surface area (Å²) in [4.78, 5) is 0. The Bertz CT molecular complexity index is 293. The molecule has 4 heteroatoms. The van der Waals surface area contributed by atoms with Gasteiger partial charge in [-0.15, -0.1) is 0 Å². The second-order valence-electron chi connectivity index (χ2n) is 2.91. The zero-order valence-electron chi connectivity index (χ0n) is 6.54. The summed E-state index contributed by atoms with van der Waals surface area (Å²) in [6.07, 6.45) is 5.68. The summed E-state index contributed by atoms with van der Waals surface area (Å²) >= 11 is 11.9. The van der Waals surface area contributed by atoms with E-state index in [9.17, 15) is 0 Å². The maximum absolute atomic E-state index is 6.01. The van der Waals surface area contributed by atoms with Gasteiger partial charge in [0.2, 0.25) is 0 Å². The number of hydrogen-bond acceptors (Lipinski definition) is 2. The summed E-state index contributed by atoms with van der Waals surface area (Å²) in [6, 6.07) is 0.250. The fourth-order valence-electron chi connectivity index (χ4n) is 1.46. The Hall–Kier alpha value is -0.470. The number of nitrogens with zero attached hydrogens (tertiary/aromatic N) is 2. The summed E-state index contributed by atoms with van der Waals surface area (Å²) in [5.41, 5.74) is 0. The number of fused-ring (bicyclic) bond motifs is 1. The quantitative estimate of drug-likeness (QED) is 0.589.